The van der Waals surface area contributed by atoms with Gasteiger partial charge < -0.3 is 42.6 Å². The zero-order valence-electron chi connectivity index (χ0n) is 36.6. The van der Waals surface area contributed by atoms with Crippen molar-refractivity contribution in [2.45, 2.75) is 155 Å². The Morgan fingerprint density at radius 3 is 2.09 bits per heavy atom. The SMILES string of the molecule is CCC(C)C(NC(=O)C1NC(C(NC(=O)C(CC2=CNC3C=CC=CC23)NC(=O)C(NC(=O)C(CC(C)C)[N-]OCC(C)C)C(C)C)C(C)C)SC1(C)C)C(N)=O.[W]. The molecule has 1 fully saturated rings. The first-order valence-corrected chi connectivity index (χ1v) is 21.6. The Balaban J connectivity index is 0.0000116. The van der Waals surface area contributed by atoms with E-state index in [1.165, 1.54) is 0 Å². The molecule has 2 heterocycles. The van der Waals surface area contributed by atoms with Crippen LogP contribution in [0.15, 0.2) is 36.1 Å². The van der Waals surface area contributed by atoms with Gasteiger partial charge in [0.05, 0.1) is 17.5 Å². The van der Waals surface area contributed by atoms with Gasteiger partial charge in [-0.15, -0.1) is 11.8 Å². The molecule has 1 aliphatic carbocycles. The van der Waals surface area contributed by atoms with Crippen molar-refractivity contribution in [3.05, 3.63) is 41.6 Å². The van der Waals surface area contributed by atoms with Crippen LogP contribution < -0.4 is 37.6 Å². The second-order valence-corrected chi connectivity index (χ2v) is 19.7. The zero-order valence-corrected chi connectivity index (χ0v) is 40.3. The minimum atomic E-state index is -0.987. The van der Waals surface area contributed by atoms with Gasteiger partial charge in [0.2, 0.25) is 29.5 Å². The summed E-state index contributed by atoms with van der Waals surface area (Å²) >= 11 is 1.54. The molecular weight excluding hydrogens is 928 g/mol. The Kier molecular flexibility index (Phi) is 20.7. The quantitative estimate of drug-likeness (QED) is 0.0784. The molecule has 328 valence electrons. The minimum absolute atomic E-state index is 0. The maximum Gasteiger partial charge on any atom is 0.243 e. The molecule has 1 saturated heterocycles. The van der Waals surface area contributed by atoms with Crippen LogP contribution in [0.5, 0.6) is 0 Å². The van der Waals surface area contributed by atoms with Gasteiger partial charge >= 0.3 is 0 Å². The molecule has 0 saturated carbocycles. The summed E-state index contributed by atoms with van der Waals surface area (Å²) in [5.41, 5.74) is 10.9. The van der Waals surface area contributed by atoms with E-state index in [2.05, 4.69) is 49.5 Å². The summed E-state index contributed by atoms with van der Waals surface area (Å²) in [7, 11) is 0. The van der Waals surface area contributed by atoms with Crippen LogP contribution in [0.2, 0.25) is 0 Å². The number of allylic oxidation sites excluding steroid dienone is 2. The Hall–Kier alpha value is -2.71. The Bertz CT molecular complexity index is 1500. The van der Waals surface area contributed by atoms with Crippen molar-refractivity contribution in [3.63, 3.8) is 0 Å². The third-order valence-electron chi connectivity index (χ3n) is 10.8. The van der Waals surface area contributed by atoms with Crippen molar-refractivity contribution in [1.29, 1.82) is 0 Å². The number of nitrogens with zero attached hydrogens (tertiary/aromatic N) is 1. The van der Waals surface area contributed by atoms with Crippen molar-refractivity contribution in [2.24, 2.45) is 41.2 Å². The summed E-state index contributed by atoms with van der Waals surface area (Å²) in [6.07, 6.45) is 11.4. The standard InChI is InChI=1S/C42H71N8O6S.W/c1-13-26(10)34(36(43)51)48-40(55)35-42(11,12)57-41(49-35)33(25(8)9)47-37(52)30(19-27-20-44-29-17-15-14-16-28(27)29)45-39(54)32(24(6)7)46-38(53)31(18-22(2)3)50-56-21-23(4)5;/h14-17,20,22-26,28-35,41,44,49H,13,18-19,21H2,1-12H3,(H2,43,51)(H,45,54)(H,46,53)(H,47,52)(H,48,55);/q-1;. The fourth-order valence-corrected chi connectivity index (χ4v) is 8.92. The van der Waals surface area contributed by atoms with Gasteiger partial charge in [-0.2, -0.15) is 0 Å². The van der Waals surface area contributed by atoms with E-state index >= 15 is 0 Å². The van der Waals surface area contributed by atoms with Crippen LogP contribution in [0.25, 0.3) is 5.48 Å². The van der Waals surface area contributed by atoms with Crippen molar-refractivity contribution in [3.8, 4) is 0 Å². The molecule has 3 rings (SSSR count). The number of nitrogens with one attached hydrogen (secondary N) is 6. The first-order chi connectivity index (χ1) is 26.7. The van der Waals surface area contributed by atoms with Gasteiger partial charge in [-0.25, -0.2) is 0 Å². The first-order valence-electron chi connectivity index (χ1n) is 20.7. The number of hydrogen-bond acceptors (Lipinski definition) is 9. The predicted octanol–water partition coefficient (Wildman–Crippen LogP) is 3.94. The Morgan fingerprint density at radius 2 is 1.52 bits per heavy atom. The van der Waals surface area contributed by atoms with Gasteiger partial charge in [-0.1, -0.05) is 106 Å². The van der Waals surface area contributed by atoms with Crippen molar-refractivity contribution in [1.82, 2.24) is 31.9 Å². The van der Waals surface area contributed by atoms with Gasteiger partial charge in [0, 0.05) is 38.3 Å². The zero-order chi connectivity index (χ0) is 42.8. The fourth-order valence-electron chi connectivity index (χ4n) is 7.22. The molecule has 0 aromatic carbocycles. The van der Waals surface area contributed by atoms with Crippen LogP contribution in [0.3, 0.4) is 0 Å². The third-order valence-corrected chi connectivity index (χ3v) is 12.4. The molecule has 0 spiro atoms. The van der Waals surface area contributed by atoms with E-state index in [0.29, 0.717) is 19.4 Å². The molecule has 58 heavy (non-hydrogen) atoms. The van der Waals surface area contributed by atoms with Crippen LogP contribution in [0.1, 0.15) is 102 Å². The summed E-state index contributed by atoms with van der Waals surface area (Å²) in [5, 5.41) is 18.5. The summed E-state index contributed by atoms with van der Waals surface area (Å²) in [6, 6.07) is -4.63. The molecule has 5 amide bonds. The maximum atomic E-state index is 14.5. The van der Waals surface area contributed by atoms with Gasteiger partial charge in [0.15, 0.2) is 0 Å². The van der Waals surface area contributed by atoms with Crippen molar-refractivity contribution >= 4 is 41.3 Å². The Labute approximate surface area is 365 Å². The smallest absolute Gasteiger partial charge is 0.243 e. The number of amides is 5. The second kappa shape index (κ2) is 23.3. The predicted molar refractivity (Wildman–Crippen MR) is 227 cm³/mol. The van der Waals surface area contributed by atoms with E-state index in [0.717, 1.165) is 5.57 Å². The van der Waals surface area contributed by atoms with Crippen LogP contribution in [0, 0.1) is 35.5 Å². The number of nitrogens with two attached hydrogens (primary N) is 1. The maximum absolute atomic E-state index is 14.5. The molecule has 10 unspecified atom stereocenters. The fraction of sp³-hybridized carbons (Fsp3) is 0.738. The number of hydroxylamine groups is 1. The van der Waals surface area contributed by atoms with Gasteiger partial charge in [0.25, 0.3) is 0 Å². The van der Waals surface area contributed by atoms with Crippen LogP contribution in [-0.2, 0) is 49.9 Å². The average molecular weight is 1000 g/mol. The normalized spacial score (nSPS) is 23.8. The number of rotatable bonds is 22. The molecule has 0 radical (unpaired) electrons. The molecule has 2 aliphatic heterocycles. The van der Waals surface area contributed by atoms with Gasteiger partial charge in [0.1, 0.15) is 24.2 Å². The molecule has 0 bridgehead atoms. The number of hydrogen-bond donors (Lipinski definition) is 7. The largest absolute Gasteiger partial charge is 0.524 e. The number of fused-ring (bicyclic) bond motifs is 1. The molecule has 0 aromatic heterocycles. The monoisotopic (exact) mass is 999 g/mol. The van der Waals surface area contributed by atoms with Crippen molar-refractivity contribution < 1.29 is 49.9 Å². The molecule has 0 aromatic rings. The summed E-state index contributed by atoms with van der Waals surface area (Å²) in [4.78, 5) is 73.8. The number of thioether (sulfide) groups is 1. The minimum Gasteiger partial charge on any atom is -0.524 e. The van der Waals surface area contributed by atoms with E-state index in [1.807, 2.05) is 101 Å². The van der Waals surface area contributed by atoms with Gasteiger partial charge in [-0.05, 0) is 67.7 Å². The second-order valence-electron chi connectivity index (χ2n) is 17.9. The summed E-state index contributed by atoms with van der Waals surface area (Å²) < 4.78 is -0.601. The van der Waals surface area contributed by atoms with Crippen molar-refractivity contribution in [2.75, 3.05) is 6.61 Å². The van der Waals surface area contributed by atoms with E-state index < -0.39 is 58.7 Å². The van der Waals surface area contributed by atoms with Gasteiger partial charge in [-0.3, -0.25) is 29.3 Å². The molecule has 14 nitrogen and oxygen atoms in total. The molecular formula is C42H71N8O6SW-. The van der Waals surface area contributed by atoms with E-state index in [4.69, 9.17) is 10.6 Å². The van der Waals surface area contributed by atoms with Crippen LogP contribution in [0.4, 0.5) is 0 Å². The molecule has 16 heteroatoms. The van der Waals surface area contributed by atoms with E-state index in [1.54, 1.807) is 11.8 Å². The molecule has 10 atom stereocenters. The molecule has 3 aliphatic rings. The number of primary amides is 1. The molecule has 8 N–H and O–H groups in total. The van der Waals surface area contributed by atoms with Crippen LogP contribution >= 0.6 is 11.8 Å². The van der Waals surface area contributed by atoms with E-state index in [-0.39, 0.29) is 86.2 Å². The van der Waals surface area contributed by atoms with Crippen LogP contribution in [-0.4, -0.2) is 88.6 Å². The van der Waals surface area contributed by atoms with E-state index in [9.17, 15) is 24.0 Å². The summed E-state index contributed by atoms with van der Waals surface area (Å²) in [6.45, 7) is 23.8. The summed E-state index contributed by atoms with van der Waals surface area (Å²) in [5.74, 6) is -2.32. The first kappa shape index (κ1) is 51.4. The third kappa shape index (κ3) is 14.5. The topological polar surface area (TPSA) is 207 Å². The number of carbonyl (C=O) groups is 5. The Morgan fingerprint density at radius 1 is 0.862 bits per heavy atom. The average Bonchev–Trinajstić information content (AvgIpc) is 3.68. The number of carbonyl (C=O) groups excluding carboxylic acids is 5.